The molecule has 140 valence electrons. The number of hydrogen-bond donors (Lipinski definition) is 2. The molecular weight excluding hydrogens is 332 g/mol. The van der Waals surface area contributed by atoms with Crippen LogP contribution < -0.4 is 5.32 Å². The van der Waals surface area contributed by atoms with Crippen molar-refractivity contribution < 1.29 is 0 Å². The molecule has 0 aliphatic heterocycles. The first kappa shape index (κ1) is 17.8. The molecule has 0 atom stereocenters. The van der Waals surface area contributed by atoms with Gasteiger partial charge in [-0.2, -0.15) is 5.10 Å². The number of anilines is 1. The Labute approximate surface area is 161 Å². The summed E-state index contributed by atoms with van der Waals surface area (Å²) < 4.78 is 0. The molecule has 0 bridgehead atoms. The lowest BCUT2D eigenvalue weighted by atomic mass is 9.92. The minimum absolute atomic E-state index is 0.599. The third kappa shape index (κ3) is 4.21. The summed E-state index contributed by atoms with van der Waals surface area (Å²) in [4.78, 5) is 4.51. The summed E-state index contributed by atoms with van der Waals surface area (Å²) in [5.41, 5.74) is 6.31. The van der Waals surface area contributed by atoms with E-state index in [1.807, 2.05) is 12.4 Å². The van der Waals surface area contributed by atoms with Gasteiger partial charge in [-0.1, -0.05) is 49.9 Å². The average Bonchev–Trinajstić information content (AvgIpc) is 3.03. The quantitative estimate of drug-likeness (QED) is 0.563. The molecule has 0 unspecified atom stereocenters. The third-order valence-electron chi connectivity index (χ3n) is 5.72. The summed E-state index contributed by atoms with van der Waals surface area (Å²) in [6.45, 7) is 2.93. The Morgan fingerprint density at radius 2 is 1.89 bits per heavy atom. The number of aromatic nitrogens is 3. The number of nitrogens with zero attached hydrogens (tertiary/aromatic N) is 2. The summed E-state index contributed by atoms with van der Waals surface area (Å²) >= 11 is 0. The van der Waals surface area contributed by atoms with Crippen LogP contribution in [0.25, 0.3) is 11.1 Å². The fourth-order valence-corrected chi connectivity index (χ4v) is 4.09. The van der Waals surface area contributed by atoms with Crippen LogP contribution in [0.15, 0.2) is 48.8 Å². The first-order chi connectivity index (χ1) is 13.3. The van der Waals surface area contributed by atoms with Crippen molar-refractivity contribution in [3.63, 3.8) is 0 Å². The van der Waals surface area contributed by atoms with E-state index >= 15 is 0 Å². The van der Waals surface area contributed by atoms with Crippen LogP contribution in [0.1, 0.15) is 61.3 Å². The van der Waals surface area contributed by atoms with Crippen LogP contribution in [-0.4, -0.2) is 15.2 Å². The van der Waals surface area contributed by atoms with E-state index in [0.29, 0.717) is 5.92 Å². The van der Waals surface area contributed by atoms with Gasteiger partial charge in [0.2, 0.25) is 0 Å². The summed E-state index contributed by atoms with van der Waals surface area (Å²) in [5.74, 6) is 1.50. The predicted molar refractivity (Wildman–Crippen MR) is 111 cm³/mol. The van der Waals surface area contributed by atoms with E-state index in [-0.39, 0.29) is 0 Å². The second kappa shape index (κ2) is 8.38. The highest BCUT2D eigenvalue weighted by Gasteiger charge is 2.20. The monoisotopic (exact) mass is 360 g/mol. The fourth-order valence-electron chi connectivity index (χ4n) is 4.09. The molecular formula is C23H28N4. The van der Waals surface area contributed by atoms with Crippen LogP contribution in [-0.2, 0) is 6.54 Å². The SMILES string of the molecule is Cc1ccccc1CNc1cc(-c2cn[nH]c2C2CCCCCC2)ccn1. The van der Waals surface area contributed by atoms with E-state index in [1.54, 1.807) is 0 Å². The van der Waals surface area contributed by atoms with Crippen LogP contribution in [0, 0.1) is 6.92 Å². The molecule has 0 radical (unpaired) electrons. The Morgan fingerprint density at radius 1 is 1.07 bits per heavy atom. The van der Waals surface area contributed by atoms with Gasteiger partial charge >= 0.3 is 0 Å². The summed E-state index contributed by atoms with van der Waals surface area (Å²) in [6.07, 6.45) is 11.8. The van der Waals surface area contributed by atoms with Crippen LogP contribution in [0.5, 0.6) is 0 Å². The summed E-state index contributed by atoms with van der Waals surface area (Å²) in [6, 6.07) is 12.7. The van der Waals surface area contributed by atoms with Crippen LogP contribution in [0.3, 0.4) is 0 Å². The highest BCUT2D eigenvalue weighted by Crippen LogP contribution is 2.36. The van der Waals surface area contributed by atoms with Gasteiger partial charge in [0, 0.05) is 29.9 Å². The Balaban J connectivity index is 1.53. The lowest BCUT2D eigenvalue weighted by Crippen LogP contribution is -2.03. The predicted octanol–water partition coefficient (Wildman–Crippen LogP) is 5.83. The maximum atomic E-state index is 4.51. The van der Waals surface area contributed by atoms with Crippen molar-refractivity contribution in [3.05, 3.63) is 65.6 Å². The van der Waals surface area contributed by atoms with Crippen LogP contribution >= 0.6 is 0 Å². The molecule has 1 aliphatic carbocycles. The van der Waals surface area contributed by atoms with Gasteiger partial charge in [0.25, 0.3) is 0 Å². The lowest BCUT2D eigenvalue weighted by molar-refractivity contribution is 0.577. The number of aromatic amines is 1. The molecule has 4 heteroatoms. The molecule has 2 heterocycles. The first-order valence-electron chi connectivity index (χ1n) is 10.1. The topological polar surface area (TPSA) is 53.6 Å². The maximum Gasteiger partial charge on any atom is 0.126 e. The minimum Gasteiger partial charge on any atom is -0.366 e. The van der Waals surface area contributed by atoms with E-state index in [1.165, 1.54) is 66.5 Å². The number of hydrogen-bond acceptors (Lipinski definition) is 3. The van der Waals surface area contributed by atoms with E-state index in [9.17, 15) is 0 Å². The summed E-state index contributed by atoms with van der Waals surface area (Å²) in [5, 5.41) is 11.1. The Morgan fingerprint density at radius 3 is 2.70 bits per heavy atom. The number of nitrogens with one attached hydrogen (secondary N) is 2. The van der Waals surface area contributed by atoms with Crippen molar-refractivity contribution in [3.8, 4) is 11.1 Å². The molecule has 0 spiro atoms. The van der Waals surface area contributed by atoms with Gasteiger partial charge in [0.15, 0.2) is 0 Å². The Hall–Kier alpha value is -2.62. The molecule has 27 heavy (non-hydrogen) atoms. The molecule has 1 aliphatic rings. The van der Waals surface area contributed by atoms with Gasteiger partial charge in [-0.05, 0) is 48.6 Å². The Kier molecular flexibility index (Phi) is 5.52. The smallest absolute Gasteiger partial charge is 0.126 e. The van der Waals surface area contributed by atoms with Gasteiger partial charge in [-0.25, -0.2) is 4.98 Å². The molecule has 3 aromatic rings. The van der Waals surface area contributed by atoms with E-state index in [4.69, 9.17) is 0 Å². The number of aryl methyl sites for hydroxylation is 1. The molecule has 4 nitrogen and oxygen atoms in total. The number of H-pyrrole nitrogens is 1. The Bertz CT molecular complexity index is 875. The normalized spacial score (nSPS) is 15.4. The van der Waals surface area contributed by atoms with Gasteiger partial charge in [0.05, 0.1) is 6.20 Å². The van der Waals surface area contributed by atoms with Crippen molar-refractivity contribution in [1.82, 2.24) is 15.2 Å². The third-order valence-corrected chi connectivity index (χ3v) is 5.72. The maximum absolute atomic E-state index is 4.51. The zero-order chi connectivity index (χ0) is 18.5. The molecule has 0 saturated heterocycles. The highest BCUT2D eigenvalue weighted by molar-refractivity contribution is 5.68. The first-order valence-corrected chi connectivity index (χ1v) is 10.1. The number of benzene rings is 1. The van der Waals surface area contributed by atoms with E-state index < -0.39 is 0 Å². The second-order valence-corrected chi connectivity index (χ2v) is 7.60. The van der Waals surface area contributed by atoms with Gasteiger partial charge in [-0.15, -0.1) is 0 Å². The van der Waals surface area contributed by atoms with Crippen molar-refractivity contribution >= 4 is 5.82 Å². The van der Waals surface area contributed by atoms with Gasteiger partial charge < -0.3 is 5.32 Å². The standard InChI is InChI=1S/C23H28N4/c1-17-8-6-7-11-20(17)15-25-22-14-19(12-13-24-22)21-16-26-27-23(21)18-9-4-2-3-5-10-18/h6-8,11-14,16,18H,2-5,9-10,15H2,1H3,(H,24,25)(H,26,27). The van der Waals surface area contributed by atoms with Crippen molar-refractivity contribution in [2.75, 3.05) is 5.32 Å². The van der Waals surface area contributed by atoms with Gasteiger partial charge in [-0.3, -0.25) is 5.10 Å². The second-order valence-electron chi connectivity index (χ2n) is 7.60. The van der Waals surface area contributed by atoms with Crippen molar-refractivity contribution in [1.29, 1.82) is 0 Å². The molecule has 2 N–H and O–H groups in total. The molecule has 0 amide bonds. The lowest BCUT2D eigenvalue weighted by Gasteiger charge is -2.15. The number of rotatable bonds is 5. The van der Waals surface area contributed by atoms with Crippen LogP contribution in [0.4, 0.5) is 5.82 Å². The van der Waals surface area contributed by atoms with E-state index in [0.717, 1.165) is 12.4 Å². The summed E-state index contributed by atoms with van der Waals surface area (Å²) in [7, 11) is 0. The molecule has 1 saturated carbocycles. The number of pyridine rings is 1. The van der Waals surface area contributed by atoms with E-state index in [2.05, 4.69) is 63.8 Å². The van der Waals surface area contributed by atoms with Crippen molar-refractivity contribution in [2.24, 2.45) is 0 Å². The van der Waals surface area contributed by atoms with Gasteiger partial charge in [0.1, 0.15) is 5.82 Å². The molecule has 2 aromatic heterocycles. The molecule has 1 fully saturated rings. The zero-order valence-corrected chi connectivity index (χ0v) is 16.0. The zero-order valence-electron chi connectivity index (χ0n) is 16.0. The van der Waals surface area contributed by atoms with Crippen LogP contribution in [0.2, 0.25) is 0 Å². The largest absolute Gasteiger partial charge is 0.366 e. The minimum atomic E-state index is 0.599. The molecule has 1 aromatic carbocycles. The van der Waals surface area contributed by atoms with Crippen molar-refractivity contribution in [2.45, 2.75) is 57.9 Å². The average molecular weight is 361 g/mol. The fraction of sp³-hybridized carbons (Fsp3) is 0.391. The molecule has 4 rings (SSSR count). The highest BCUT2D eigenvalue weighted by atomic mass is 15.1.